The van der Waals surface area contributed by atoms with E-state index in [1.165, 1.54) is 0 Å². The molecule has 0 aromatic carbocycles. The van der Waals surface area contributed by atoms with Gasteiger partial charge in [0.25, 0.3) is 5.91 Å². The predicted molar refractivity (Wildman–Crippen MR) is 79.0 cm³/mol. The minimum absolute atomic E-state index is 0.0521. The maximum atomic E-state index is 12.7. The first kappa shape index (κ1) is 14.8. The first-order valence-electron chi connectivity index (χ1n) is 7.25. The summed E-state index contributed by atoms with van der Waals surface area (Å²) in [7, 11) is 1.66. The van der Waals surface area contributed by atoms with Crippen LogP contribution in [0.25, 0.3) is 0 Å². The molecule has 0 atom stereocenters. The second-order valence-electron chi connectivity index (χ2n) is 5.07. The number of pyridine rings is 1. The van der Waals surface area contributed by atoms with E-state index < -0.39 is 0 Å². The van der Waals surface area contributed by atoms with Crippen molar-refractivity contribution >= 4 is 11.6 Å². The molecule has 0 spiro atoms. The Kier molecular flexibility index (Phi) is 5.35. The average Bonchev–Trinajstić information content (AvgIpc) is 3.30. The van der Waals surface area contributed by atoms with Crippen LogP contribution >= 0.6 is 0 Å². The van der Waals surface area contributed by atoms with E-state index in [1.54, 1.807) is 19.5 Å². The molecular weight excluding hydrogens is 254 g/mol. The Labute approximate surface area is 120 Å². The lowest BCUT2D eigenvalue weighted by atomic mass is 10.2. The Hall–Kier alpha value is -1.62. The molecule has 1 aliphatic carbocycles. The summed E-state index contributed by atoms with van der Waals surface area (Å²) in [5.41, 5.74) is 1.53. The predicted octanol–water partition coefficient (Wildman–Crippen LogP) is 2.15. The molecule has 1 fully saturated rings. The van der Waals surface area contributed by atoms with Gasteiger partial charge in [0, 0.05) is 38.6 Å². The van der Waals surface area contributed by atoms with Crippen molar-refractivity contribution in [1.82, 2.24) is 9.88 Å². The van der Waals surface area contributed by atoms with Crippen LogP contribution in [0, 0.1) is 0 Å². The molecule has 1 aromatic heterocycles. The lowest BCUT2D eigenvalue weighted by Crippen LogP contribution is -2.36. The Bertz CT molecular complexity index is 446. The van der Waals surface area contributed by atoms with Crippen LogP contribution in [-0.2, 0) is 4.74 Å². The van der Waals surface area contributed by atoms with Gasteiger partial charge in [-0.15, -0.1) is 0 Å². The normalized spacial score (nSPS) is 14.1. The van der Waals surface area contributed by atoms with Crippen LogP contribution in [0.4, 0.5) is 5.69 Å². The van der Waals surface area contributed by atoms with Gasteiger partial charge in [0.1, 0.15) is 0 Å². The van der Waals surface area contributed by atoms with Crippen molar-refractivity contribution in [3.8, 4) is 0 Å². The summed E-state index contributed by atoms with van der Waals surface area (Å²) in [6, 6.07) is 2.24. The molecule has 110 valence electrons. The number of aromatic nitrogens is 1. The fraction of sp³-hybridized carbons (Fsp3) is 0.600. The minimum Gasteiger partial charge on any atom is -0.384 e. The van der Waals surface area contributed by atoms with Crippen LogP contribution in [0.1, 0.15) is 36.5 Å². The zero-order valence-corrected chi connectivity index (χ0v) is 12.3. The van der Waals surface area contributed by atoms with E-state index in [2.05, 4.69) is 17.2 Å². The highest BCUT2D eigenvalue weighted by molar-refractivity contribution is 5.99. The van der Waals surface area contributed by atoms with Crippen molar-refractivity contribution in [2.24, 2.45) is 0 Å². The van der Waals surface area contributed by atoms with Crippen LogP contribution < -0.4 is 5.32 Å². The van der Waals surface area contributed by atoms with Gasteiger partial charge in [0.2, 0.25) is 0 Å². The third kappa shape index (κ3) is 3.70. The van der Waals surface area contributed by atoms with Crippen molar-refractivity contribution < 1.29 is 9.53 Å². The first-order chi connectivity index (χ1) is 9.77. The van der Waals surface area contributed by atoms with E-state index in [-0.39, 0.29) is 5.91 Å². The molecule has 1 amide bonds. The number of anilines is 1. The second kappa shape index (κ2) is 7.24. The van der Waals surface area contributed by atoms with Crippen LogP contribution in [-0.4, -0.2) is 48.6 Å². The molecule has 5 nitrogen and oxygen atoms in total. The summed E-state index contributed by atoms with van der Waals surface area (Å²) in [4.78, 5) is 18.7. The van der Waals surface area contributed by atoms with Gasteiger partial charge in [-0.2, -0.15) is 0 Å². The number of nitrogens with one attached hydrogen (secondary N) is 1. The summed E-state index contributed by atoms with van der Waals surface area (Å²) in [5.74, 6) is 0.0521. The lowest BCUT2D eigenvalue weighted by Gasteiger charge is -2.23. The van der Waals surface area contributed by atoms with Gasteiger partial charge in [0.15, 0.2) is 0 Å². The van der Waals surface area contributed by atoms with Gasteiger partial charge in [-0.05, 0) is 25.3 Å². The molecule has 0 radical (unpaired) electrons. The van der Waals surface area contributed by atoms with Gasteiger partial charge in [-0.25, -0.2) is 0 Å². The van der Waals surface area contributed by atoms with Gasteiger partial charge in [-0.1, -0.05) is 6.92 Å². The number of amides is 1. The number of hydrogen-bond acceptors (Lipinski definition) is 4. The van der Waals surface area contributed by atoms with Crippen LogP contribution in [0.2, 0.25) is 0 Å². The number of hydrogen-bond donors (Lipinski definition) is 1. The fourth-order valence-electron chi connectivity index (χ4n) is 2.16. The number of methoxy groups -OCH3 is 1. The first-order valence-corrected chi connectivity index (χ1v) is 7.25. The Morgan fingerprint density at radius 2 is 2.35 bits per heavy atom. The van der Waals surface area contributed by atoms with E-state index in [9.17, 15) is 4.79 Å². The summed E-state index contributed by atoms with van der Waals surface area (Å²) in [5, 5.41) is 3.30. The molecule has 1 aromatic rings. The molecule has 1 N–H and O–H groups in total. The van der Waals surface area contributed by atoms with E-state index in [1.807, 2.05) is 11.0 Å². The van der Waals surface area contributed by atoms with Gasteiger partial charge in [-0.3, -0.25) is 9.78 Å². The van der Waals surface area contributed by atoms with E-state index >= 15 is 0 Å². The summed E-state index contributed by atoms with van der Waals surface area (Å²) < 4.78 is 5.11. The number of nitrogens with zero attached hydrogens (tertiary/aromatic N) is 2. The van der Waals surface area contributed by atoms with Crippen molar-refractivity contribution in [1.29, 1.82) is 0 Å². The van der Waals surface area contributed by atoms with Gasteiger partial charge < -0.3 is 15.0 Å². The smallest absolute Gasteiger partial charge is 0.257 e. The monoisotopic (exact) mass is 277 g/mol. The van der Waals surface area contributed by atoms with Crippen molar-refractivity contribution in [3.05, 3.63) is 24.0 Å². The quantitative estimate of drug-likeness (QED) is 0.791. The third-order valence-corrected chi connectivity index (χ3v) is 3.40. The summed E-state index contributed by atoms with van der Waals surface area (Å²) in [6.07, 6.45) is 6.57. The second-order valence-corrected chi connectivity index (χ2v) is 5.07. The van der Waals surface area contributed by atoms with Crippen LogP contribution in [0.5, 0.6) is 0 Å². The summed E-state index contributed by atoms with van der Waals surface area (Å²) >= 11 is 0. The molecule has 0 bridgehead atoms. The zero-order valence-electron chi connectivity index (χ0n) is 12.3. The molecule has 0 aliphatic heterocycles. The van der Waals surface area contributed by atoms with Crippen molar-refractivity contribution in [2.45, 2.75) is 32.2 Å². The lowest BCUT2D eigenvalue weighted by molar-refractivity contribution is 0.0680. The van der Waals surface area contributed by atoms with Crippen LogP contribution in [0.15, 0.2) is 18.5 Å². The topological polar surface area (TPSA) is 54.5 Å². The molecular formula is C15H23N3O2. The Morgan fingerprint density at radius 1 is 1.55 bits per heavy atom. The van der Waals surface area contributed by atoms with Crippen molar-refractivity contribution in [2.75, 3.05) is 32.1 Å². The molecule has 1 heterocycles. The van der Waals surface area contributed by atoms with Gasteiger partial charge >= 0.3 is 0 Å². The van der Waals surface area contributed by atoms with E-state index in [4.69, 9.17) is 4.74 Å². The summed E-state index contributed by atoms with van der Waals surface area (Å²) in [6.45, 7) is 4.17. The number of carbonyl (C=O) groups excluding carboxylic acids is 1. The highest BCUT2D eigenvalue weighted by atomic mass is 16.5. The standard InChI is InChI=1S/C15H23N3O2/c1-3-7-17-14-6-8-16-11-13(14)15(19)18(9-10-20-2)12-4-5-12/h6,8,11-12H,3-5,7,9-10H2,1-2H3,(H,16,17). The van der Waals surface area contributed by atoms with Crippen molar-refractivity contribution in [3.63, 3.8) is 0 Å². The largest absolute Gasteiger partial charge is 0.384 e. The maximum absolute atomic E-state index is 12.7. The van der Waals surface area contributed by atoms with E-state index in [0.29, 0.717) is 24.8 Å². The molecule has 1 saturated carbocycles. The minimum atomic E-state index is 0.0521. The molecule has 1 aliphatic rings. The molecule has 2 rings (SSSR count). The Morgan fingerprint density at radius 3 is 3.00 bits per heavy atom. The number of rotatable bonds is 8. The number of carbonyl (C=O) groups is 1. The number of ether oxygens (including phenoxy) is 1. The third-order valence-electron chi connectivity index (χ3n) is 3.40. The Balaban J connectivity index is 2.13. The van der Waals surface area contributed by atoms with Crippen LogP contribution in [0.3, 0.4) is 0 Å². The van der Waals surface area contributed by atoms with E-state index in [0.717, 1.165) is 31.5 Å². The van der Waals surface area contributed by atoms with Gasteiger partial charge in [0.05, 0.1) is 17.9 Å². The highest BCUT2D eigenvalue weighted by Crippen LogP contribution is 2.29. The fourth-order valence-corrected chi connectivity index (χ4v) is 2.16. The maximum Gasteiger partial charge on any atom is 0.257 e. The molecule has 20 heavy (non-hydrogen) atoms. The zero-order chi connectivity index (χ0) is 14.4. The highest BCUT2D eigenvalue weighted by Gasteiger charge is 2.33. The molecule has 0 unspecified atom stereocenters. The molecule has 0 saturated heterocycles. The molecule has 5 heteroatoms. The average molecular weight is 277 g/mol. The SMILES string of the molecule is CCCNc1ccncc1C(=O)N(CCOC)C1CC1.